The lowest BCUT2D eigenvalue weighted by atomic mass is 10.2. The van der Waals surface area contributed by atoms with Crippen molar-refractivity contribution in [2.75, 3.05) is 5.32 Å². The molecule has 148 valence electrons. The van der Waals surface area contributed by atoms with Crippen LogP contribution in [0.4, 0.5) is 5.69 Å². The van der Waals surface area contributed by atoms with Gasteiger partial charge in [-0.1, -0.05) is 66.7 Å². The van der Waals surface area contributed by atoms with E-state index < -0.39 is 5.91 Å². The van der Waals surface area contributed by atoms with Crippen LogP contribution in [0.15, 0.2) is 91.0 Å². The molecule has 0 radical (unpaired) electrons. The maximum Gasteiger partial charge on any atom is 0.309 e. The minimum absolute atomic E-state index is 0.0210. The van der Waals surface area contributed by atoms with E-state index in [0.29, 0.717) is 5.82 Å². The van der Waals surface area contributed by atoms with Gasteiger partial charge in [-0.15, -0.1) is 5.10 Å². The van der Waals surface area contributed by atoms with E-state index in [9.17, 15) is 4.79 Å². The summed E-state index contributed by atoms with van der Waals surface area (Å²) < 4.78 is 1.64. The number of benzene rings is 3. The molecular formula is C22H18N6OS. The highest BCUT2D eigenvalue weighted by molar-refractivity contribution is 7.80. The van der Waals surface area contributed by atoms with Gasteiger partial charge in [-0.2, -0.15) is 0 Å². The predicted octanol–water partition coefficient (Wildman–Crippen LogP) is 3.57. The highest BCUT2D eigenvalue weighted by Crippen LogP contribution is 2.20. The molecule has 4 aromatic rings. The van der Waals surface area contributed by atoms with Gasteiger partial charge in [0.2, 0.25) is 5.82 Å². The van der Waals surface area contributed by atoms with Crippen LogP contribution in [-0.2, 0) is 0 Å². The van der Waals surface area contributed by atoms with Crippen molar-refractivity contribution >= 4 is 28.9 Å². The first-order valence-electron chi connectivity index (χ1n) is 9.21. The summed E-state index contributed by atoms with van der Waals surface area (Å²) in [6.07, 6.45) is 0. The molecule has 30 heavy (non-hydrogen) atoms. The van der Waals surface area contributed by atoms with Gasteiger partial charge in [0.1, 0.15) is 0 Å². The van der Waals surface area contributed by atoms with E-state index in [1.807, 2.05) is 91.0 Å². The van der Waals surface area contributed by atoms with Crippen molar-refractivity contribution in [1.29, 1.82) is 0 Å². The fourth-order valence-electron chi connectivity index (χ4n) is 2.78. The Morgan fingerprint density at radius 1 is 0.800 bits per heavy atom. The minimum atomic E-state index is -0.501. The Morgan fingerprint density at radius 2 is 1.40 bits per heavy atom. The van der Waals surface area contributed by atoms with Gasteiger partial charge >= 0.3 is 5.91 Å². The van der Waals surface area contributed by atoms with Crippen LogP contribution in [0.5, 0.6) is 0 Å². The second-order valence-electron chi connectivity index (χ2n) is 6.27. The Bertz CT molecular complexity index is 1090. The number of thiocarbonyl (C=S) groups is 1. The summed E-state index contributed by atoms with van der Waals surface area (Å²) in [5, 5.41) is 7.64. The molecule has 1 aromatic heterocycles. The monoisotopic (exact) mass is 414 g/mol. The van der Waals surface area contributed by atoms with Crippen molar-refractivity contribution < 1.29 is 4.79 Å². The molecule has 1 amide bonds. The standard InChI is InChI=1S/C22H18N6OS/c29-21(25-26-22(30)23-17-12-6-2-7-13-17)19-24-20(16-10-4-1-5-11-16)28(27-19)18-14-8-3-9-15-18/h1-15H,(H,25,29)(H2,23,26,30). The molecule has 8 heteroatoms. The zero-order valence-corrected chi connectivity index (χ0v) is 16.6. The molecule has 0 aliphatic carbocycles. The predicted molar refractivity (Wildman–Crippen MR) is 120 cm³/mol. The van der Waals surface area contributed by atoms with E-state index in [1.165, 1.54) is 0 Å². The van der Waals surface area contributed by atoms with E-state index in [1.54, 1.807) is 4.68 Å². The zero-order valence-electron chi connectivity index (χ0n) is 15.8. The number of amides is 1. The number of hydrazine groups is 1. The first-order valence-corrected chi connectivity index (χ1v) is 9.62. The summed E-state index contributed by atoms with van der Waals surface area (Å²) in [4.78, 5) is 17.1. The van der Waals surface area contributed by atoms with E-state index in [4.69, 9.17) is 12.2 Å². The number of rotatable bonds is 4. The third-order valence-electron chi connectivity index (χ3n) is 4.16. The molecular weight excluding hydrogens is 396 g/mol. The smallest absolute Gasteiger partial charge is 0.309 e. The molecule has 0 bridgehead atoms. The maximum absolute atomic E-state index is 12.6. The Kier molecular flexibility index (Phi) is 5.77. The lowest BCUT2D eigenvalue weighted by molar-refractivity contribution is 0.0934. The average Bonchev–Trinajstić information content (AvgIpc) is 3.25. The van der Waals surface area contributed by atoms with Crippen LogP contribution in [0.3, 0.4) is 0 Å². The topological polar surface area (TPSA) is 83.9 Å². The SMILES string of the molecule is O=C(NNC(=S)Nc1ccccc1)c1nc(-c2ccccc2)n(-c2ccccc2)n1. The molecule has 0 fully saturated rings. The fourth-order valence-corrected chi connectivity index (χ4v) is 2.95. The van der Waals surface area contributed by atoms with Crippen LogP contribution in [0.1, 0.15) is 10.6 Å². The van der Waals surface area contributed by atoms with Crippen LogP contribution in [0.2, 0.25) is 0 Å². The Labute approximate surface area is 178 Å². The molecule has 0 unspecified atom stereocenters. The summed E-state index contributed by atoms with van der Waals surface area (Å²) in [6.45, 7) is 0. The van der Waals surface area contributed by atoms with Crippen LogP contribution in [-0.4, -0.2) is 25.8 Å². The molecule has 1 heterocycles. The maximum atomic E-state index is 12.6. The van der Waals surface area contributed by atoms with Gasteiger partial charge in [-0.05, 0) is 36.5 Å². The third-order valence-corrected chi connectivity index (χ3v) is 4.37. The lowest BCUT2D eigenvalue weighted by Gasteiger charge is -2.10. The lowest BCUT2D eigenvalue weighted by Crippen LogP contribution is -2.44. The first-order chi connectivity index (χ1) is 14.7. The molecule has 4 rings (SSSR count). The highest BCUT2D eigenvalue weighted by Gasteiger charge is 2.18. The summed E-state index contributed by atoms with van der Waals surface area (Å²) in [5.41, 5.74) is 7.66. The highest BCUT2D eigenvalue weighted by atomic mass is 32.1. The van der Waals surface area contributed by atoms with Gasteiger partial charge in [0, 0.05) is 11.3 Å². The molecule has 3 N–H and O–H groups in total. The van der Waals surface area contributed by atoms with E-state index in [2.05, 4.69) is 26.3 Å². The van der Waals surface area contributed by atoms with Crippen LogP contribution in [0, 0.1) is 0 Å². The fraction of sp³-hybridized carbons (Fsp3) is 0. The number of para-hydroxylation sites is 2. The summed E-state index contributed by atoms with van der Waals surface area (Å²) in [7, 11) is 0. The summed E-state index contributed by atoms with van der Waals surface area (Å²) in [5.74, 6) is 0.0868. The molecule has 3 aromatic carbocycles. The molecule has 0 spiro atoms. The summed E-state index contributed by atoms with van der Waals surface area (Å²) in [6, 6.07) is 28.5. The first kappa shape index (κ1) is 19.3. The minimum Gasteiger partial charge on any atom is -0.331 e. The largest absolute Gasteiger partial charge is 0.331 e. The van der Waals surface area contributed by atoms with Crippen molar-refractivity contribution in [2.24, 2.45) is 0 Å². The normalized spacial score (nSPS) is 10.3. The van der Waals surface area contributed by atoms with E-state index in [0.717, 1.165) is 16.9 Å². The van der Waals surface area contributed by atoms with Gasteiger partial charge in [0.25, 0.3) is 0 Å². The van der Waals surface area contributed by atoms with Gasteiger partial charge in [0.05, 0.1) is 5.69 Å². The number of nitrogens with one attached hydrogen (secondary N) is 3. The van der Waals surface area contributed by atoms with Gasteiger partial charge < -0.3 is 5.32 Å². The Balaban J connectivity index is 1.53. The molecule has 7 nitrogen and oxygen atoms in total. The van der Waals surface area contributed by atoms with E-state index >= 15 is 0 Å². The molecule has 0 atom stereocenters. The molecule has 0 aliphatic heterocycles. The van der Waals surface area contributed by atoms with Gasteiger partial charge in [0.15, 0.2) is 10.9 Å². The third kappa shape index (κ3) is 4.50. The van der Waals surface area contributed by atoms with Crippen LogP contribution in [0.25, 0.3) is 17.1 Å². The number of carbonyl (C=O) groups excluding carboxylic acids is 1. The van der Waals surface area contributed by atoms with E-state index in [-0.39, 0.29) is 10.9 Å². The Hall–Kier alpha value is -4.04. The van der Waals surface area contributed by atoms with Crippen molar-refractivity contribution in [3.05, 3.63) is 96.8 Å². The van der Waals surface area contributed by atoms with Gasteiger partial charge in [-0.25, -0.2) is 9.67 Å². The number of carbonyl (C=O) groups is 1. The number of nitrogens with zero attached hydrogens (tertiary/aromatic N) is 3. The second-order valence-corrected chi connectivity index (χ2v) is 6.68. The van der Waals surface area contributed by atoms with Crippen molar-refractivity contribution in [1.82, 2.24) is 25.6 Å². The zero-order chi connectivity index (χ0) is 20.8. The van der Waals surface area contributed by atoms with Crippen LogP contribution < -0.4 is 16.2 Å². The molecule has 0 aliphatic rings. The number of anilines is 1. The quantitative estimate of drug-likeness (QED) is 0.350. The second kappa shape index (κ2) is 8.97. The van der Waals surface area contributed by atoms with Crippen molar-refractivity contribution in [2.45, 2.75) is 0 Å². The van der Waals surface area contributed by atoms with Crippen LogP contribution >= 0.6 is 12.2 Å². The summed E-state index contributed by atoms with van der Waals surface area (Å²) >= 11 is 5.21. The number of hydrogen-bond donors (Lipinski definition) is 3. The number of hydrogen-bond acceptors (Lipinski definition) is 4. The number of aromatic nitrogens is 3. The molecule has 0 saturated carbocycles. The Morgan fingerprint density at radius 3 is 2.07 bits per heavy atom. The van der Waals surface area contributed by atoms with Gasteiger partial charge in [-0.3, -0.25) is 15.6 Å². The molecule has 0 saturated heterocycles. The van der Waals surface area contributed by atoms with Crippen molar-refractivity contribution in [3.63, 3.8) is 0 Å². The van der Waals surface area contributed by atoms with Crippen molar-refractivity contribution in [3.8, 4) is 17.1 Å². The average molecular weight is 414 g/mol.